The van der Waals surface area contributed by atoms with Crippen LogP contribution in [-0.2, 0) is 0 Å². The second-order valence-electron chi connectivity index (χ2n) is 5.72. The van der Waals surface area contributed by atoms with E-state index in [1.54, 1.807) is 13.3 Å². The first-order valence-corrected chi connectivity index (χ1v) is 7.35. The summed E-state index contributed by atoms with van der Waals surface area (Å²) < 4.78 is 7.55. The predicted molar refractivity (Wildman–Crippen MR) is 86.0 cm³/mol. The Labute approximate surface area is 127 Å². The summed E-state index contributed by atoms with van der Waals surface area (Å²) in [7, 11) is 3.67. The van der Waals surface area contributed by atoms with E-state index in [0.29, 0.717) is 0 Å². The van der Waals surface area contributed by atoms with Crippen LogP contribution in [0.5, 0.6) is 5.75 Å². The maximum atomic E-state index is 5.52. The van der Waals surface area contributed by atoms with Crippen LogP contribution in [0.4, 0.5) is 0 Å². The normalized spacial score (nSPS) is 12.7. The van der Waals surface area contributed by atoms with Crippen LogP contribution in [-0.4, -0.2) is 23.9 Å². The molecule has 0 aliphatic heterocycles. The molecule has 2 aromatic rings. The SMILES string of the molecule is CNC(c1ccc(C)cc1C)c1c(OC)cnn1C(C)C. The van der Waals surface area contributed by atoms with E-state index in [1.807, 2.05) is 11.7 Å². The summed E-state index contributed by atoms with van der Waals surface area (Å²) >= 11 is 0. The maximum absolute atomic E-state index is 5.52. The standard InChI is InChI=1S/C17H25N3O/c1-11(2)20-17(15(21-6)10-19-20)16(18-5)14-8-7-12(3)9-13(14)4/h7-11,16,18H,1-6H3. The molecule has 4 heteroatoms. The van der Waals surface area contributed by atoms with E-state index in [0.717, 1.165) is 11.4 Å². The second kappa shape index (κ2) is 6.31. The molecule has 1 N–H and O–H groups in total. The molecule has 1 heterocycles. The van der Waals surface area contributed by atoms with Crippen LogP contribution in [0, 0.1) is 13.8 Å². The Kier molecular flexibility index (Phi) is 4.68. The Hall–Kier alpha value is -1.81. The van der Waals surface area contributed by atoms with E-state index >= 15 is 0 Å². The number of benzene rings is 1. The molecule has 0 fully saturated rings. The van der Waals surface area contributed by atoms with Crippen LogP contribution in [0.15, 0.2) is 24.4 Å². The molecule has 0 radical (unpaired) electrons. The van der Waals surface area contributed by atoms with E-state index in [4.69, 9.17) is 4.74 Å². The van der Waals surface area contributed by atoms with Gasteiger partial charge in [-0.3, -0.25) is 4.68 Å². The fourth-order valence-corrected chi connectivity index (χ4v) is 2.79. The summed E-state index contributed by atoms with van der Waals surface area (Å²) in [5.74, 6) is 0.822. The Balaban J connectivity index is 2.58. The summed E-state index contributed by atoms with van der Waals surface area (Å²) in [6.45, 7) is 8.52. The minimum Gasteiger partial charge on any atom is -0.493 e. The van der Waals surface area contributed by atoms with Gasteiger partial charge in [-0.2, -0.15) is 5.10 Å². The number of nitrogens with zero attached hydrogens (tertiary/aromatic N) is 2. The van der Waals surface area contributed by atoms with Crippen LogP contribution >= 0.6 is 0 Å². The second-order valence-corrected chi connectivity index (χ2v) is 5.72. The first-order valence-electron chi connectivity index (χ1n) is 7.35. The molecule has 0 aliphatic rings. The molecule has 0 bridgehead atoms. The van der Waals surface area contributed by atoms with E-state index < -0.39 is 0 Å². The molecule has 0 amide bonds. The highest BCUT2D eigenvalue weighted by atomic mass is 16.5. The summed E-state index contributed by atoms with van der Waals surface area (Å²) in [6, 6.07) is 6.89. The zero-order chi connectivity index (χ0) is 15.6. The van der Waals surface area contributed by atoms with Crippen molar-refractivity contribution in [3.63, 3.8) is 0 Å². The number of nitrogens with one attached hydrogen (secondary N) is 1. The van der Waals surface area contributed by atoms with Crippen LogP contribution in [0.1, 0.15) is 48.3 Å². The third-order valence-electron chi connectivity index (χ3n) is 3.81. The van der Waals surface area contributed by atoms with Gasteiger partial charge in [0.1, 0.15) is 5.69 Å². The van der Waals surface area contributed by atoms with Crippen molar-refractivity contribution in [3.8, 4) is 5.75 Å². The summed E-state index contributed by atoms with van der Waals surface area (Å²) in [4.78, 5) is 0. The van der Waals surface area contributed by atoms with Gasteiger partial charge in [-0.15, -0.1) is 0 Å². The van der Waals surface area contributed by atoms with Crippen LogP contribution < -0.4 is 10.1 Å². The highest BCUT2D eigenvalue weighted by Crippen LogP contribution is 2.33. The zero-order valence-electron chi connectivity index (χ0n) is 13.8. The molecular weight excluding hydrogens is 262 g/mol. The third-order valence-corrected chi connectivity index (χ3v) is 3.81. The van der Waals surface area contributed by atoms with Crippen LogP contribution in [0.2, 0.25) is 0 Å². The first kappa shape index (κ1) is 15.6. The van der Waals surface area contributed by atoms with Crippen molar-refractivity contribution in [3.05, 3.63) is 46.8 Å². The Morgan fingerprint density at radius 3 is 2.48 bits per heavy atom. The van der Waals surface area contributed by atoms with Gasteiger partial charge >= 0.3 is 0 Å². The summed E-state index contributed by atoms with van der Waals surface area (Å²) in [6.07, 6.45) is 1.79. The monoisotopic (exact) mass is 287 g/mol. The average molecular weight is 287 g/mol. The third kappa shape index (κ3) is 2.95. The van der Waals surface area contributed by atoms with Gasteiger partial charge in [0.15, 0.2) is 5.75 Å². The lowest BCUT2D eigenvalue weighted by Crippen LogP contribution is -2.23. The lowest BCUT2D eigenvalue weighted by Gasteiger charge is -2.23. The molecule has 0 saturated heterocycles. The number of hydrogen-bond donors (Lipinski definition) is 1. The van der Waals surface area contributed by atoms with Crippen molar-refractivity contribution in [1.29, 1.82) is 0 Å². The Morgan fingerprint density at radius 2 is 1.95 bits per heavy atom. The molecule has 0 saturated carbocycles. The molecule has 1 atom stereocenters. The number of aromatic nitrogens is 2. The smallest absolute Gasteiger partial charge is 0.161 e. The predicted octanol–water partition coefficient (Wildman–Crippen LogP) is 3.40. The van der Waals surface area contributed by atoms with Crippen molar-refractivity contribution < 1.29 is 4.74 Å². The van der Waals surface area contributed by atoms with E-state index in [1.165, 1.54) is 16.7 Å². The lowest BCUT2D eigenvalue weighted by atomic mass is 9.96. The van der Waals surface area contributed by atoms with Gasteiger partial charge in [0.05, 0.1) is 19.3 Å². The van der Waals surface area contributed by atoms with Gasteiger partial charge in [-0.1, -0.05) is 23.8 Å². The van der Waals surface area contributed by atoms with Gasteiger partial charge in [-0.25, -0.2) is 0 Å². The van der Waals surface area contributed by atoms with E-state index in [2.05, 4.69) is 56.3 Å². The molecule has 114 valence electrons. The summed E-state index contributed by atoms with van der Waals surface area (Å²) in [5.41, 5.74) is 4.87. The Bertz CT molecular complexity index is 616. The van der Waals surface area contributed by atoms with Crippen molar-refractivity contribution in [2.24, 2.45) is 0 Å². The number of rotatable bonds is 5. The molecule has 1 aromatic carbocycles. The maximum Gasteiger partial charge on any atom is 0.161 e. The van der Waals surface area contributed by atoms with Gasteiger partial charge in [0.25, 0.3) is 0 Å². The number of methoxy groups -OCH3 is 1. The first-order chi connectivity index (χ1) is 9.99. The van der Waals surface area contributed by atoms with Gasteiger partial charge < -0.3 is 10.1 Å². The number of aryl methyl sites for hydroxylation is 2. The molecule has 4 nitrogen and oxygen atoms in total. The molecule has 0 aliphatic carbocycles. The number of ether oxygens (including phenoxy) is 1. The summed E-state index contributed by atoms with van der Waals surface area (Å²) in [5, 5.41) is 7.89. The van der Waals surface area contributed by atoms with Crippen molar-refractivity contribution >= 4 is 0 Å². The molecular formula is C17H25N3O. The van der Waals surface area contributed by atoms with Crippen LogP contribution in [0.25, 0.3) is 0 Å². The van der Waals surface area contributed by atoms with Crippen molar-refractivity contribution in [2.75, 3.05) is 14.2 Å². The molecule has 2 rings (SSSR count). The van der Waals surface area contributed by atoms with Crippen molar-refractivity contribution in [1.82, 2.24) is 15.1 Å². The minimum atomic E-state index is 0.0606. The van der Waals surface area contributed by atoms with E-state index in [-0.39, 0.29) is 12.1 Å². The highest BCUT2D eigenvalue weighted by molar-refractivity contribution is 5.41. The van der Waals surface area contributed by atoms with Crippen molar-refractivity contribution in [2.45, 2.75) is 39.8 Å². The average Bonchev–Trinajstić information content (AvgIpc) is 2.86. The topological polar surface area (TPSA) is 39.1 Å². The molecule has 1 unspecified atom stereocenters. The van der Waals surface area contributed by atoms with Gasteiger partial charge in [-0.05, 0) is 45.9 Å². The van der Waals surface area contributed by atoms with E-state index in [9.17, 15) is 0 Å². The molecule has 0 spiro atoms. The fraction of sp³-hybridized carbons (Fsp3) is 0.471. The molecule has 1 aromatic heterocycles. The van der Waals surface area contributed by atoms with Crippen LogP contribution in [0.3, 0.4) is 0 Å². The van der Waals surface area contributed by atoms with Gasteiger partial charge in [0, 0.05) is 6.04 Å². The minimum absolute atomic E-state index is 0.0606. The Morgan fingerprint density at radius 1 is 1.24 bits per heavy atom. The lowest BCUT2D eigenvalue weighted by molar-refractivity contribution is 0.396. The fourth-order valence-electron chi connectivity index (χ4n) is 2.79. The molecule has 21 heavy (non-hydrogen) atoms. The van der Waals surface area contributed by atoms with Gasteiger partial charge in [0.2, 0.25) is 0 Å². The zero-order valence-corrected chi connectivity index (χ0v) is 13.8. The highest BCUT2D eigenvalue weighted by Gasteiger charge is 2.24. The quantitative estimate of drug-likeness (QED) is 0.916. The largest absolute Gasteiger partial charge is 0.493 e. The number of hydrogen-bond acceptors (Lipinski definition) is 3.